The molecule has 0 saturated carbocycles. The molecule has 0 unspecified atom stereocenters. The molecule has 28 heavy (non-hydrogen) atoms. The van der Waals surface area contributed by atoms with Crippen LogP contribution in [0.2, 0.25) is 0 Å². The number of thiocarbonyl (C=S) groups is 1. The number of hydrogen-bond donors (Lipinski definition) is 2. The summed E-state index contributed by atoms with van der Waals surface area (Å²) in [6, 6.07) is 15.9. The molecule has 2 N–H and O–H groups in total. The summed E-state index contributed by atoms with van der Waals surface area (Å²) in [6.45, 7) is 6.07. The molecule has 6 heteroatoms. The van der Waals surface area contributed by atoms with Crippen molar-refractivity contribution in [1.29, 1.82) is 0 Å². The molecule has 0 aliphatic heterocycles. The van der Waals surface area contributed by atoms with Gasteiger partial charge in [-0.3, -0.25) is 5.43 Å². The molecule has 150 valence electrons. The highest BCUT2D eigenvalue weighted by molar-refractivity contribution is 7.80. The van der Waals surface area contributed by atoms with Gasteiger partial charge < -0.3 is 14.8 Å². The largest absolute Gasteiger partial charge is 0.490 e. The molecule has 2 aromatic carbocycles. The summed E-state index contributed by atoms with van der Waals surface area (Å²) >= 11 is 5.25. The van der Waals surface area contributed by atoms with Gasteiger partial charge in [-0.15, -0.1) is 0 Å². The van der Waals surface area contributed by atoms with Gasteiger partial charge in [0.1, 0.15) is 0 Å². The lowest BCUT2D eigenvalue weighted by molar-refractivity contribution is 0.271. The maximum atomic E-state index is 5.85. The summed E-state index contributed by atoms with van der Waals surface area (Å²) < 4.78 is 11.6. The van der Waals surface area contributed by atoms with Gasteiger partial charge in [0, 0.05) is 6.54 Å². The van der Waals surface area contributed by atoms with Crippen molar-refractivity contribution >= 4 is 23.5 Å². The predicted octanol–water partition coefficient (Wildman–Crippen LogP) is 4.65. The normalized spacial score (nSPS) is 10.6. The van der Waals surface area contributed by atoms with Gasteiger partial charge in [-0.25, -0.2) is 0 Å². The molecule has 2 aromatic rings. The van der Waals surface area contributed by atoms with Crippen molar-refractivity contribution in [3.05, 3.63) is 59.7 Å². The average molecular weight is 400 g/mol. The van der Waals surface area contributed by atoms with Crippen molar-refractivity contribution in [1.82, 2.24) is 10.7 Å². The highest BCUT2D eigenvalue weighted by atomic mass is 32.1. The second-order valence-electron chi connectivity index (χ2n) is 6.23. The number of benzene rings is 2. The second kappa shape index (κ2) is 12.7. The number of rotatable bonds is 11. The van der Waals surface area contributed by atoms with Gasteiger partial charge in [-0.05, 0) is 54.9 Å². The monoisotopic (exact) mass is 399 g/mol. The fourth-order valence-corrected chi connectivity index (χ4v) is 2.63. The minimum absolute atomic E-state index is 0.473. The molecule has 0 amide bonds. The van der Waals surface area contributed by atoms with Crippen LogP contribution >= 0.6 is 12.2 Å². The summed E-state index contributed by atoms with van der Waals surface area (Å²) in [6.07, 6.45) is 5.09. The first-order valence-electron chi connectivity index (χ1n) is 9.73. The van der Waals surface area contributed by atoms with E-state index in [1.807, 2.05) is 55.5 Å². The first-order valence-corrected chi connectivity index (χ1v) is 10.1. The van der Waals surface area contributed by atoms with Gasteiger partial charge in [0.15, 0.2) is 16.6 Å². The van der Waals surface area contributed by atoms with E-state index >= 15 is 0 Å². The third-order valence-corrected chi connectivity index (χ3v) is 4.18. The van der Waals surface area contributed by atoms with Crippen LogP contribution in [0, 0.1) is 0 Å². The Morgan fingerprint density at radius 3 is 2.61 bits per heavy atom. The Morgan fingerprint density at radius 1 is 1.04 bits per heavy atom. The quantitative estimate of drug-likeness (QED) is 0.249. The van der Waals surface area contributed by atoms with Crippen LogP contribution in [0.4, 0.5) is 0 Å². The Bertz CT molecular complexity index is 751. The van der Waals surface area contributed by atoms with Gasteiger partial charge in [0.05, 0.1) is 19.4 Å². The number of nitrogens with one attached hydrogen (secondary N) is 2. The van der Waals surface area contributed by atoms with E-state index < -0.39 is 0 Å². The maximum absolute atomic E-state index is 5.85. The van der Waals surface area contributed by atoms with Crippen LogP contribution in [0.1, 0.15) is 44.2 Å². The zero-order valence-corrected chi connectivity index (χ0v) is 17.4. The number of ether oxygens (including phenoxy) is 2. The molecule has 0 aliphatic rings. The highest BCUT2D eigenvalue weighted by Crippen LogP contribution is 2.28. The lowest BCUT2D eigenvalue weighted by atomic mass is 10.2. The SMILES string of the molecule is CCCCCOc1ccc(/C=N\NC(=S)NCc2ccccc2)cc1OCC. The number of hydrazone groups is 1. The first kappa shape index (κ1) is 21.7. The van der Waals surface area contributed by atoms with E-state index in [1.54, 1.807) is 6.21 Å². The Morgan fingerprint density at radius 2 is 1.86 bits per heavy atom. The van der Waals surface area contributed by atoms with Gasteiger partial charge in [-0.1, -0.05) is 50.1 Å². The average Bonchev–Trinajstić information content (AvgIpc) is 2.72. The molecular weight excluding hydrogens is 370 g/mol. The standard InChI is InChI=1S/C22H29N3O2S/c1-3-5-9-14-27-20-13-12-19(15-21(20)26-4-2)17-24-25-22(28)23-16-18-10-7-6-8-11-18/h6-8,10-13,15,17H,3-5,9,14,16H2,1-2H3,(H2,23,25,28)/b24-17-. The highest BCUT2D eigenvalue weighted by Gasteiger charge is 2.06. The van der Waals surface area contributed by atoms with Crippen LogP contribution in [0.3, 0.4) is 0 Å². The van der Waals surface area contributed by atoms with Crippen molar-refractivity contribution in [3.63, 3.8) is 0 Å². The van der Waals surface area contributed by atoms with Crippen molar-refractivity contribution in [2.45, 2.75) is 39.7 Å². The first-order chi connectivity index (χ1) is 13.7. The molecule has 0 spiro atoms. The lowest BCUT2D eigenvalue weighted by Gasteiger charge is -2.12. The second-order valence-corrected chi connectivity index (χ2v) is 6.64. The minimum Gasteiger partial charge on any atom is -0.490 e. The van der Waals surface area contributed by atoms with E-state index in [0.29, 0.717) is 24.9 Å². The van der Waals surface area contributed by atoms with Crippen molar-refractivity contribution in [2.24, 2.45) is 5.10 Å². The third-order valence-electron chi connectivity index (χ3n) is 3.95. The summed E-state index contributed by atoms with van der Waals surface area (Å²) in [4.78, 5) is 0. The summed E-state index contributed by atoms with van der Waals surface area (Å²) in [5.74, 6) is 1.50. The smallest absolute Gasteiger partial charge is 0.187 e. The lowest BCUT2D eigenvalue weighted by Crippen LogP contribution is -2.31. The van der Waals surface area contributed by atoms with Gasteiger partial charge in [0.25, 0.3) is 0 Å². The summed E-state index contributed by atoms with van der Waals surface area (Å²) in [5.41, 5.74) is 4.90. The molecule has 0 atom stereocenters. The maximum Gasteiger partial charge on any atom is 0.187 e. The number of nitrogens with zero attached hydrogens (tertiary/aromatic N) is 1. The molecule has 0 aromatic heterocycles. The summed E-state index contributed by atoms with van der Waals surface area (Å²) in [7, 11) is 0. The van der Waals surface area contributed by atoms with Crippen LogP contribution in [0.25, 0.3) is 0 Å². The van der Waals surface area contributed by atoms with Crippen LogP contribution in [-0.4, -0.2) is 24.5 Å². The van der Waals surface area contributed by atoms with E-state index in [0.717, 1.165) is 29.0 Å². The topological polar surface area (TPSA) is 54.9 Å². The van der Waals surface area contributed by atoms with E-state index in [2.05, 4.69) is 22.8 Å². The van der Waals surface area contributed by atoms with Gasteiger partial charge in [-0.2, -0.15) is 5.10 Å². The fraction of sp³-hybridized carbons (Fsp3) is 0.364. The predicted molar refractivity (Wildman–Crippen MR) is 119 cm³/mol. The zero-order valence-electron chi connectivity index (χ0n) is 16.6. The molecule has 2 rings (SSSR count). The molecule has 0 aliphatic carbocycles. The van der Waals surface area contributed by atoms with Crippen LogP contribution in [0.5, 0.6) is 11.5 Å². The Kier molecular flexibility index (Phi) is 9.86. The van der Waals surface area contributed by atoms with Crippen molar-refractivity contribution < 1.29 is 9.47 Å². The van der Waals surface area contributed by atoms with Gasteiger partial charge >= 0.3 is 0 Å². The summed E-state index contributed by atoms with van der Waals surface area (Å²) in [5, 5.41) is 7.79. The molecule has 5 nitrogen and oxygen atoms in total. The Balaban J connectivity index is 1.85. The third kappa shape index (κ3) is 7.96. The molecule has 0 saturated heterocycles. The molecule has 0 fully saturated rings. The van der Waals surface area contributed by atoms with Gasteiger partial charge in [0.2, 0.25) is 0 Å². The minimum atomic E-state index is 0.473. The van der Waals surface area contributed by atoms with Crippen molar-refractivity contribution in [2.75, 3.05) is 13.2 Å². The Labute approximate surface area is 173 Å². The van der Waals surface area contributed by atoms with E-state index in [9.17, 15) is 0 Å². The van der Waals surface area contributed by atoms with E-state index in [4.69, 9.17) is 21.7 Å². The molecule has 0 bridgehead atoms. The number of unbranched alkanes of at least 4 members (excludes halogenated alkanes) is 2. The molecule has 0 radical (unpaired) electrons. The van der Waals surface area contributed by atoms with E-state index in [-0.39, 0.29) is 0 Å². The van der Waals surface area contributed by atoms with Crippen LogP contribution in [-0.2, 0) is 6.54 Å². The fourth-order valence-electron chi connectivity index (χ4n) is 2.51. The molecule has 0 heterocycles. The van der Waals surface area contributed by atoms with Crippen molar-refractivity contribution in [3.8, 4) is 11.5 Å². The zero-order chi connectivity index (χ0) is 20.0. The van der Waals surface area contributed by atoms with Crippen LogP contribution in [0.15, 0.2) is 53.6 Å². The Hall–Kier alpha value is -2.60. The van der Waals surface area contributed by atoms with E-state index in [1.165, 1.54) is 12.8 Å². The van der Waals surface area contributed by atoms with Crippen LogP contribution < -0.4 is 20.2 Å². The number of hydrogen-bond acceptors (Lipinski definition) is 4. The molecular formula is C22H29N3O2S.